The van der Waals surface area contributed by atoms with Crippen LogP contribution < -0.4 is 10.6 Å². The summed E-state index contributed by atoms with van der Waals surface area (Å²) in [5.41, 5.74) is -0.184. The van der Waals surface area contributed by atoms with Gasteiger partial charge in [-0.2, -0.15) is 0 Å². The number of hydrogen-bond acceptors (Lipinski definition) is 5. The van der Waals surface area contributed by atoms with Crippen molar-refractivity contribution in [1.29, 1.82) is 0 Å². The molecule has 3 amide bonds. The van der Waals surface area contributed by atoms with Gasteiger partial charge in [0.1, 0.15) is 23.9 Å². The maximum Gasteiger partial charge on any atom is 0.408 e. The zero-order valence-corrected chi connectivity index (χ0v) is 21.8. The summed E-state index contributed by atoms with van der Waals surface area (Å²) in [7, 11) is 0. The zero-order chi connectivity index (χ0) is 25.9. The van der Waals surface area contributed by atoms with Crippen LogP contribution in [0.1, 0.15) is 85.8 Å². The molecule has 34 heavy (non-hydrogen) atoms. The SMILES string of the molecule is CCCCNC(=O)C(c1cccc(O)c1)N(C(=O)CNC(=O)OC(C)(C)C)C(C)CCC(C)C. The Morgan fingerprint density at radius 3 is 2.32 bits per heavy atom. The van der Waals surface area contributed by atoms with E-state index in [4.69, 9.17) is 4.74 Å². The Hall–Kier alpha value is -2.77. The largest absolute Gasteiger partial charge is 0.508 e. The van der Waals surface area contributed by atoms with Crippen LogP contribution in [-0.2, 0) is 14.3 Å². The lowest BCUT2D eigenvalue weighted by molar-refractivity contribution is -0.142. The average Bonchev–Trinajstić information content (AvgIpc) is 2.72. The van der Waals surface area contributed by atoms with Crippen molar-refractivity contribution in [2.45, 2.75) is 91.8 Å². The highest BCUT2D eigenvalue weighted by Gasteiger charge is 2.35. The summed E-state index contributed by atoms with van der Waals surface area (Å²) in [5.74, 6) is -0.281. The average molecular weight is 478 g/mol. The molecule has 1 rings (SSSR count). The van der Waals surface area contributed by atoms with Crippen LogP contribution in [0.4, 0.5) is 4.79 Å². The van der Waals surface area contributed by atoms with Crippen molar-refractivity contribution >= 4 is 17.9 Å². The first-order valence-electron chi connectivity index (χ1n) is 12.2. The van der Waals surface area contributed by atoms with Crippen molar-refractivity contribution < 1.29 is 24.2 Å². The van der Waals surface area contributed by atoms with Crippen molar-refractivity contribution in [2.24, 2.45) is 5.92 Å². The van der Waals surface area contributed by atoms with Crippen molar-refractivity contribution in [3.05, 3.63) is 29.8 Å². The van der Waals surface area contributed by atoms with Gasteiger partial charge in [-0.1, -0.05) is 39.3 Å². The van der Waals surface area contributed by atoms with E-state index in [-0.39, 0.29) is 24.2 Å². The van der Waals surface area contributed by atoms with E-state index in [1.54, 1.807) is 32.9 Å². The molecule has 8 nitrogen and oxygen atoms in total. The van der Waals surface area contributed by atoms with E-state index in [2.05, 4.69) is 24.5 Å². The third kappa shape index (κ3) is 10.4. The fourth-order valence-electron chi connectivity index (χ4n) is 3.53. The second kappa shape index (κ2) is 13.8. The molecule has 0 bridgehead atoms. The van der Waals surface area contributed by atoms with E-state index in [0.717, 1.165) is 19.3 Å². The number of nitrogens with one attached hydrogen (secondary N) is 2. The number of benzene rings is 1. The quantitative estimate of drug-likeness (QED) is 0.383. The van der Waals surface area contributed by atoms with E-state index in [0.29, 0.717) is 24.4 Å². The molecule has 8 heteroatoms. The summed E-state index contributed by atoms with van der Waals surface area (Å²) >= 11 is 0. The predicted molar refractivity (Wildman–Crippen MR) is 133 cm³/mol. The maximum absolute atomic E-state index is 13.4. The zero-order valence-electron chi connectivity index (χ0n) is 21.8. The van der Waals surface area contributed by atoms with E-state index < -0.39 is 23.6 Å². The minimum Gasteiger partial charge on any atom is -0.508 e. The molecule has 192 valence electrons. The van der Waals surface area contributed by atoms with Crippen molar-refractivity contribution in [2.75, 3.05) is 13.1 Å². The van der Waals surface area contributed by atoms with Gasteiger partial charge in [0.15, 0.2) is 0 Å². The molecule has 0 spiro atoms. The lowest BCUT2D eigenvalue weighted by Gasteiger charge is -2.36. The first kappa shape index (κ1) is 29.3. The summed E-state index contributed by atoms with van der Waals surface area (Å²) in [6.45, 7) is 13.6. The number of carbonyl (C=O) groups is 3. The third-order valence-corrected chi connectivity index (χ3v) is 5.25. The van der Waals surface area contributed by atoms with Crippen LogP contribution in [0.3, 0.4) is 0 Å². The van der Waals surface area contributed by atoms with E-state index in [1.165, 1.54) is 17.0 Å². The van der Waals surface area contributed by atoms with Gasteiger partial charge in [-0.05, 0) is 70.6 Å². The molecular weight excluding hydrogens is 434 g/mol. The van der Waals surface area contributed by atoms with Crippen molar-refractivity contribution in [1.82, 2.24) is 15.5 Å². The number of phenols is 1. The predicted octanol–water partition coefficient (Wildman–Crippen LogP) is 4.53. The number of hydrogen-bond donors (Lipinski definition) is 3. The number of unbranched alkanes of at least 4 members (excludes halogenated alkanes) is 1. The minimum absolute atomic E-state index is 0.0120. The Labute approximate surface area is 204 Å². The van der Waals surface area contributed by atoms with Gasteiger partial charge in [-0.3, -0.25) is 9.59 Å². The Bertz CT molecular complexity index is 804. The van der Waals surface area contributed by atoms with Gasteiger partial charge in [-0.25, -0.2) is 4.79 Å². The molecule has 0 aliphatic carbocycles. The number of aromatic hydroxyl groups is 1. The number of nitrogens with zero attached hydrogens (tertiary/aromatic N) is 1. The number of phenolic OH excluding ortho intramolecular Hbond substituents is 1. The molecule has 1 aromatic rings. The summed E-state index contributed by atoms with van der Waals surface area (Å²) in [6.07, 6.45) is 2.60. The van der Waals surface area contributed by atoms with Crippen molar-refractivity contribution in [3.63, 3.8) is 0 Å². The van der Waals surface area contributed by atoms with Crippen LogP contribution in [0.5, 0.6) is 5.75 Å². The summed E-state index contributed by atoms with van der Waals surface area (Å²) < 4.78 is 5.25. The normalized spacial score (nSPS) is 13.2. The highest BCUT2D eigenvalue weighted by atomic mass is 16.6. The molecule has 0 aliphatic rings. The Balaban J connectivity index is 3.28. The highest BCUT2D eigenvalue weighted by molar-refractivity contribution is 5.90. The van der Waals surface area contributed by atoms with Gasteiger partial charge in [0.25, 0.3) is 0 Å². The monoisotopic (exact) mass is 477 g/mol. The molecule has 0 saturated carbocycles. The number of carbonyl (C=O) groups excluding carboxylic acids is 3. The van der Waals surface area contributed by atoms with Crippen LogP contribution in [-0.4, -0.2) is 52.6 Å². The Kier molecular flexibility index (Phi) is 11.9. The van der Waals surface area contributed by atoms with Crippen LogP contribution in [0, 0.1) is 5.92 Å². The number of ether oxygens (including phenoxy) is 1. The van der Waals surface area contributed by atoms with Crippen LogP contribution in [0.25, 0.3) is 0 Å². The third-order valence-electron chi connectivity index (χ3n) is 5.25. The molecule has 3 N–H and O–H groups in total. The van der Waals surface area contributed by atoms with E-state index >= 15 is 0 Å². The second-order valence-electron chi connectivity index (χ2n) is 10.1. The smallest absolute Gasteiger partial charge is 0.408 e. The Morgan fingerprint density at radius 2 is 1.76 bits per heavy atom. The van der Waals surface area contributed by atoms with Gasteiger partial charge in [0, 0.05) is 12.6 Å². The fraction of sp³-hybridized carbons (Fsp3) is 0.654. The van der Waals surface area contributed by atoms with E-state index in [9.17, 15) is 19.5 Å². The van der Waals surface area contributed by atoms with Gasteiger partial charge >= 0.3 is 6.09 Å². The molecule has 0 heterocycles. The Morgan fingerprint density at radius 1 is 1.09 bits per heavy atom. The summed E-state index contributed by atoms with van der Waals surface area (Å²) in [5, 5.41) is 15.5. The topological polar surface area (TPSA) is 108 Å². The summed E-state index contributed by atoms with van der Waals surface area (Å²) in [4.78, 5) is 40.5. The van der Waals surface area contributed by atoms with Crippen LogP contribution in [0.2, 0.25) is 0 Å². The molecule has 0 radical (unpaired) electrons. The number of amides is 3. The molecule has 0 fully saturated rings. The number of rotatable bonds is 12. The lowest BCUT2D eigenvalue weighted by atomic mass is 9.98. The van der Waals surface area contributed by atoms with Gasteiger partial charge in [-0.15, -0.1) is 0 Å². The van der Waals surface area contributed by atoms with Gasteiger partial charge in [0.2, 0.25) is 11.8 Å². The fourth-order valence-corrected chi connectivity index (χ4v) is 3.53. The number of alkyl carbamates (subject to hydrolysis) is 1. The molecule has 2 atom stereocenters. The lowest BCUT2D eigenvalue weighted by Crippen LogP contribution is -2.51. The molecule has 0 saturated heterocycles. The standard InChI is InChI=1S/C26H43N3O5/c1-8-9-15-27-24(32)23(20-11-10-12-21(30)16-20)29(19(4)14-13-18(2)3)22(31)17-28-25(33)34-26(5,6)7/h10-12,16,18-19,23,30H,8-9,13-15,17H2,1-7H3,(H,27,32)(H,28,33). The molecular formula is C26H43N3O5. The molecule has 0 aliphatic heterocycles. The first-order chi connectivity index (χ1) is 15.9. The summed E-state index contributed by atoms with van der Waals surface area (Å²) in [6, 6.07) is 5.17. The molecule has 1 aromatic carbocycles. The van der Waals surface area contributed by atoms with Gasteiger partial charge < -0.3 is 25.4 Å². The van der Waals surface area contributed by atoms with Crippen LogP contribution >= 0.6 is 0 Å². The molecule has 2 unspecified atom stereocenters. The minimum atomic E-state index is -0.945. The van der Waals surface area contributed by atoms with Crippen molar-refractivity contribution in [3.8, 4) is 5.75 Å². The highest BCUT2D eigenvalue weighted by Crippen LogP contribution is 2.28. The first-order valence-corrected chi connectivity index (χ1v) is 12.2. The van der Waals surface area contributed by atoms with Crippen LogP contribution in [0.15, 0.2) is 24.3 Å². The molecule has 0 aromatic heterocycles. The van der Waals surface area contributed by atoms with E-state index in [1.807, 2.05) is 13.8 Å². The second-order valence-corrected chi connectivity index (χ2v) is 10.1. The maximum atomic E-state index is 13.4. The van der Waals surface area contributed by atoms with Gasteiger partial charge in [0.05, 0.1) is 0 Å².